The van der Waals surface area contributed by atoms with E-state index in [1.54, 1.807) is 18.2 Å². The first kappa shape index (κ1) is 39.9. The van der Waals surface area contributed by atoms with Crippen LogP contribution in [-0.4, -0.2) is 68.2 Å². The molecular weight excluding hydrogens is 807 g/mol. The van der Waals surface area contributed by atoms with Crippen LogP contribution in [-0.2, 0) is 48.0 Å². The normalized spacial score (nSPS) is 12.5. The number of phenols is 1. The fourth-order valence-corrected chi connectivity index (χ4v) is 8.23. The summed E-state index contributed by atoms with van der Waals surface area (Å²) < 4.78 is 108. The summed E-state index contributed by atoms with van der Waals surface area (Å²) in [7, 11) is -14.0. The number of phenolic OH excluding ortho intramolecular Hbond substituents is 1. The van der Waals surface area contributed by atoms with E-state index in [9.17, 15) is 49.5 Å². The number of amides is 1. The summed E-state index contributed by atoms with van der Waals surface area (Å²) in [5.74, 6) is -2.07. The summed E-state index contributed by atoms with van der Waals surface area (Å²) in [6.07, 6.45) is 0. The molecule has 5 aromatic rings. The molecule has 24 heteroatoms. The molecule has 0 atom stereocenters. The summed E-state index contributed by atoms with van der Waals surface area (Å²) in [5.41, 5.74) is -1.16. The summed E-state index contributed by atoms with van der Waals surface area (Å²) in [6.45, 7) is -0.393. The first-order chi connectivity index (χ1) is 25.0. The Balaban J connectivity index is 1.63. The molecule has 53 heavy (non-hydrogen) atoms. The van der Waals surface area contributed by atoms with E-state index in [2.05, 4.69) is 29.3 Å². The SMILES string of the molecule is O=C(Nc1cc(S(=O)(=O)O)cc2cc(SOO)c(/N=N/c3ccc4cc(S(=O)(=O)CCOSOOO)ccc4c3S(=O)(=O)O)c(O)c12)c1ccccc1. The number of azo groups is 1. The van der Waals surface area contributed by atoms with Gasteiger partial charge in [0.15, 0.2) is 27.9 Å². The Labute approximate surface area is 308 Å². The van der Waals surface area contributed by atoms with Gasteiger partial charge in [0, 0.05) is 16.3 Å². The molecule has 280 valence electrons. The van der Waals surface area contributed by atoms with Crippen LogP contribution in [0.15, 0.2) is 109 Å². The van der Waals surface area contributed by atoms with E-state index in [4.69, 9.17) is 9.44 Å². The van der Waals surface area contributed by atoms with E-state index >= 15 is 0 Å². The second kappa shape index (κ2) is 16.4. The second-order valence-electron chi connectivity index (χ2n) is 10.4. The third-order valence-electron chi connectivity index (χ3n) is 7.17. The molecule has 19 nitrogen and oxygen atoms in total. The first-order valence-electron chi connectivity index (χ1n) is 14.2. The van der Waals surface area contributed by atoms with Crippen molar-refractivity contribution in [1.82, 2.24) is 0 Å². The smallest absolute Gasteiger partial charge is 0.297 e. The lowest BCUT2D eigenvalue weighted by molar-refractivity contribution is -0.434. The molecule has 6 N–H and O–H groups in total. The first-order valence-corrected chi connectivity index (χ1v) is 20.1. The zero-order chi connectivity index (χ0) is 38.6. The third-order valence-corrected chi connectivity index (χ3v) is 11.6. The third kappa shape index (κ3) is 9.27. The molecule has 0 radical (unpaired) electrons. The van der Waals surface area contributed by atoms with E-state index in [1.807, 2.05) is 0 Å². The predicted molar refractivity (Wildman–Crippen MR) is 188 cm³/mol. The lowest BCUT2D eigenvalue weighted by atomic mass is 10.1. The van der Waals surface area contributed by atoms with Gasteiger partial charge in [-0.05, 0) is 59.3 Å². The number of nitrogens with zero attached hydrogens (tertiary/aromatic N) is 2. The van der Waals surface area contributed by atoms with Crippen LogP contribution >= 0.6 is 24.4 Å². The average Bonchev–Trinajstić information content (AvgIpc) is 3.10. The lowest BCUT2D eigenvalue weighted by Gasteiger charge is -2.15. The molecule has 0 saturated carbocycles. The van der Waals surface area contributed by atoms with Crippen molar-refractivity contribution in [1.29, 1.82) is 0 Å². The molecule has 5 aromatic carbocycles. The van der Waals surface area contributed by atoms with Crippen LogP contribution < -0.4 is 5.32 Å². The fourth-order valence-electron chi connectivity index (χ4n) is 4.93. The number of rotatable bonds is 15. The van der Waals surface area contributed by atoms with Crippen molar-refractivity contribution < 1.29 is 72.7 Å². The van der Waals surface area contributed by atoms with Crippen LogP contribution in [0.2, 0.25) is 0 Å². The van der Waals surface area contributed by atoms with Crippen molar-refractivity contribution in [2.24, 2.45) is 10.2 Å². The number of hydrogen-bond acceptors (Lipinski definition) is 18. The van der Waals surface area contributed by atoms with E-state index in [0.717, 1.165) is 42.5 Å². The molecule has 0 spiro atoms. The quantitative estimate of drug-likeness (QED) is 0.0173. The average molecular weight is 830 g/mol. The van der Waals surface area contributed by atoms with E-state index < -0.39 is 75.3 Å². The van der Waals surface area contributed by atoms with Gasteiger partial charge in [-0.2, -0.15) is 21.2 Å². The second-order valence-corrected chi connectivity index (χ2v) is 16.6. The zero-order valence-electron chi connectivity index (χ0n) is 26.1. The number of carbonyl (C=O) groups is 1. The van der Waals surface area contributed by atoms with Crippen molar-refractivity contribution in [3.05, 3.63) is 84.4 Å². The maximum atomic E-state index is 13.1. The highest BCUT2D eigenvalue weighted by molar-refractivity contribution is 7.94. The van der Waals surface area contributed by atoms with Gasteiger partial charge >= 0.3 is 0 Å². The molecule has 5 rings (SSSR count). The van der Waals surface area contributed by atoms with Gasteiger partial charge in [0.2, 0.25) is 0 Å². The minimum absolute atomic E-state index is 0.0388. The van der Waals surface area contributed by atoms with Gasteiger partial charge in [-0.3, -0.25) is 18.1 Å². The molecule has 0 aliphatic rings. The highest BCUT2D eigenvalue weighted by atomic mass is 32.2. The van der Waals surface area contributed by atoms with Crippen molar-refractivity contribution in [3.8, 4) is 5.75 Å². The Morgan fingerprint density at radius 3 is 2.19 bits per heavy atom. The number of nitrogens with one attached hydrogen (secondary N) is 1. The number of aromatic hydroxyl groups is 1. The molecule has 0 saturated heterocycles. The molecule has 0 aromatic heterocycles. The minimum Gasteiger partial charge on any atom is -0.505 e. The molecule has 1 amide bonds. The number of fused-ring (bicyclic) bond motifs is 2. The standard InChI is InChI=1S/C29H23N3O16S5/c33-27-25-18(13-20(52(39,40)41)15-23(25)30-29(34)16-4-2-1-3-5-16)14-24(49-47-36)26(27)32-31-22-9-6-17-12-19(7-8-21(17)28(22)53(42,43)44)51(37,38)11-10-45-50-48-46-35/h1-9,12-15,33,35-36H,10-11H2,(H,30,34)(H,39,40,41)(H,42,43,44)/b32-31+. The monoisotopic (exact) mass is 829 g/mol. The predicted octanol–water partition coefficient (Wildman–Crippen LogP) is 6.13. The molecule has 0 unspecified atom stereocenters. The Morgan fingerprint density at radius 2 is 1.53 bits per heavy atom. The van der Waals surface area contributed by atoms with Gasteiger partial charge in [0.25, 0.3) is 26.1 Å². The highest BCUT2D eigenvalue weighted by Gasteiger charge is 2.25. The van der Waals surface area contributed by atoms with E-state index in [-0.39, 0.29) is 67.0 Å². The Hall–Kier alpha value is -4.28. The molecule has 0 fully saturated rings. The molecule has 0 bridgehead atoms. The van der Waals surface area contributed by atoms with E-state index in [0.29, 0.717) is 0 Å². The van der Waals surface area contributed by atoms with Gasteiger partial charge in [-0.15, -0.1) is 14.6 Å². The van der Waals surface area contributed by atoms with Crippen LogP contribution in [0.3, 0.4) is 0 Å². The van der Waals surface area contributed by atoms with Crippen LogP contribution in [0, 0.1) is 0 Å². The maximum absolute atomic E-state index is 13.1. The maximum Gasteiger partial charge on any atom is 0.297 e. The fraction of sp³-hybridized carbons (Fsp3) is 0.0690. The Kier molecular flexibility index (Phi) is 12.3. The van der Waals surface area contributed by atoms with Gasteiger partial charge in [0.1, 0.15) is 16.3 Å². The summed E-state index contributed by atoms with van der Waals surface area (Å²) in [4.78, 5) is 11.1. The molecular formula is C29H23N3O16S5. The zero-order valence-corrected chi connectivity index (χ0v) is 30.2. The van der Waals surface area contributed by atoms with Crippen LogP contribution in [0.25, 0.3) is 21.5 Å². The minimum atomic E-state index is -5.10. The van der Waals surface area contributed by atoms with Crippen molar-refractivity contribution in [3.63, 3.8) is 0 Å². The topological polar surface area (TPSA) is 294 Å². The molecule has 0 heterocycles. The van der Waals surface area contributed by atoms with Crippen LogP contribution in [0.4, 0.5) is 17.1 Å². The van der Waals surface area contributed by atoms with Gasteiger partial charge in [-0.25, -0.2) is 18.9 Å². The highest BCUT2D eigenvalue weighted by Crippen LogP contribution is 2.47. The van der Waals surface area contributed by atoms with Gasteiger partial charge in [0.05, 0.1) is 44.8 Å². The lowest BCUT2D eigenvalue weighted by Crippen LogP contribution is -2.13. The van der Waals surface area contributed by atoms with Gasteiger partial charge in [-0.1, -0.05) is 35.4 Å². The summed E-state index contributed by atoms with van der Waals surface area (Å²) in [6, 6.07) is 16.3. The number of carbonyl (C=O) groups excluding carboxylic acids is 1. The molecule has 0 aliphatic heterocycles. The number of sulfone groups is 1. The number of anilines is 1. The van der Waals surface area contributed by atoms with Gasteiger partial charge < -0.3 is 10.4 Å². The van der Waals surface area contributed by atoms with E-state index in [1.165, 1.54) is 18.2 Å². The largest absolute Gasteiger partial charge is 0.505 e. The number of benzene rings is 5. The Bertz CT molecular complexity index is 2570. The van der Waals surface area contributed by atoms with Crippen LogP contribution in [0.1, 0.15) is 10.4 Å². The summed E-state index contributed by atoms with van der Waals surface area (Å²) in [5, 5.41) is 42.0. The van der Waals surface area contributed by atoms with Crippen molar-refractivity contribution in [2.45, 2.75) is 19.6 Å². The number of hydrogen-bond donors (Lipinski definition) is 6. The Morgan fingerprint density at radius 1 is 0.811 bits per heavy atom. The van der Waals surface area contributed by atoms with Crippen molar-refractivity contribution in [2.75, 3.05) is 17.7 Å². The van der Waals surface area contributed by atoms with Crippen molar-refractivity contribution >= 4 is 99.0 Å². The summed E-state index contributed by atoms with van der Waals surface area (Å²) >= 11 is 0.380. The molecule has 0 aliphatic carbocycles. The van der Waals surface area contributed by atoms with Crippen LogP contribution in [0.5, 0.6) is 5.75 Å².